The molecule has 1 spiro atoms. The Kier molecular flexibility index (Phi) is 7.04. The number of hydrogen-bond donors (Lipinski definition) is 1. The monoisotopic (exact) mass is 598 g/mol. The Balaban J connectivity index is 1.51. The molecule has 3 heterocycles. The van der Waals surface area contributed by atoms with E-state index in [9.17, 15) is 4.79 Å². The van der Waals surface area contributed by atoms with Gasteiger partial charge in [0, 0.05) is 17.5 Å². The Bertz CT molecular complexity index is 1860. The maximum atomic E-state index is 15.1. The number of rotatable bonds is 8. The van der Waals surface area contributed by atoms with Gasteiger partial charge < -0.3 is 19.7 Å². The van der Waals surface area contributed by atoms with E-state index in [-0.39, 0.29) is 23.0 Å². The minimum absolute atomic E-state index is 0.259. The lowest BCUT2D eigenvalue weighted by Gasteiger charge is -2.38. The molecule has 4 atom stereocenters. The Hall–Kier alpha value is -5.17. The number of hydrogen-bond acceptors (Lipinski definition) is 6. The van der Waals surface area contributed by atoms with Gasteiger partial charge >= 0.3 is 0 Å². The van der Waals surface area contributed by atoms with Crippen molar-refractivity contribution in [3.63, 3.8) is 0 Å². The molecule has 0 aromatic heterocycles. The van der Waals surface area contributed by atoms with Crippen LogP contribution < -0.4 is 14.8 Å². The number of carbonyl (C=O) groups is 3. The maximum absolute atomic E-state index is 15.1. The summed E-state index contributed by atoms with van der Waals surface area (Å²) in [5, 5.41) is 3.10. The van der Waals surface area contributed by atoms with Crippen LogP contribution in [-0.4, -0.2) is 42.6 Å². The van der Waals surface area contributed by atoms with Crippen molar-refractivity contribution in [3.05, 3.63) is 131 Å². The topological polar surface area (TPSA) is 84.9 Å². The van der Waals surface area contributed by atoms with Crippen LogP contribution in [0.2, 0.25) is 0 Å². The lowest BCUT2D eigenvalue weighted by Crippen LogP contribution is -2.49. The number of methoxy groups -OCH3 is 2. The number of ether oxygens (including phenoxy) is 2. The summed E-state index contributed by atoms with van der Waals surface area (Å²) in [5.41, 5.74) is 3.66. The standard InChI is InChI=1S/C38H34N2O5/c1-4-9-23-14-16-25(17-15-23)34(41)32-33(35(42)28-22-26(44-2)18-19-31(28)45-3)40-21-20-24-10-5-6-11-27(24)36(40)38(32)29-12-7-8-13-30(29)39-37(38)43/h5-8,10-22,32-33,36H,4,9H2,1-3H3,(H,39,43)/t32-,33+,36+,38-/m0/s1. The van der Waals surface area contributed by atoms with Crippen molar-refractivity contribution in [1.82, 2.24) is 4.90 Å². The summed E-state index contributed by atoms with van der Waals surface area (Å²) in [6.45, 7) is 2.11. The third-order valence-electron chi connectivity index (χ3n) is 9.57. The largest absolute Gasteiger partial charge is 0.497 e. The molecule has 1 saturated heterocycles. The molecule has 0 saturated carbocycles. The molecule has 7 rings (SSSR count). The Morgan fingerprint density at radius 2 is 1.64 bits per heavy atom. The summed E-state index contributed by atoms with van der Waals surface area (Å²) in [4.78, 5) is 46.7. The Labute approximate surface area is 262 Å². The van der Waals surface area contributed by atoms with E-state index >= 15 is 9.59 Å². The summed E-state index contributed by atoms with van der Waals surface area (Å²) in [6, 6.07) is 26.4. The molecule has 1 fully saturated rings. The van der Waals surface area contributed by atoms with Crippen LogP contribution in [0, 0.1) is 5.92 Å². The molecule has 4 aromatic rings. The molecular formula is C38H34N2O5. The number of fused-ring (bicyclic) bond motifs is 6. The van der Waals surface area contributed by atoms with Crippen molar-refractivity contribution in [2.24, 2.45) is 5.92 Å². The van der Waals surface area contributed by atoms with Crippen molar-refractivity contribution in [1.29, 1.82) is 0 Å². The van der Waals surface area contributed by atoms with Gasteiger partial charge in [0.05, 0.1) is 31.7 Å². The third-order valence-corrected chi connectivity index (χ3v) is 9.57. The first-order valence-electron chi connectivity index (χ1n) is 15.3. The summed E-state index contributed by atoms with van der Waals surface area (Å²) in [6.07, 6.45) is 5.70. The number of amides is 1. The minimum Gasteiger partial charge on any atom is -0.497 e. The predicted octanol–water partition coefficient (Wildman–Crippen LogP) is 6.64. The van der Waals surface area contributed by atoms with Gasteiger partial charge in [0.2, 0.25) is 5.91 Å². The van der Waals surface area contributed by atoms with Gasteiger partial charge in [-0.3, -0.25) is 14.4 Å². The van der Waals surface area contributed by atoms with Crippen LogP contribution in [0.1, 0.15) is 62.4 Å². The van der Waals surface area contributed by atoms with Gasteiger partial charge in [0.1, 0.15) is 23.0 Å². The number of nitrogens with one attached hydrogen (secondary N) is 1. The van der Waals surface area contributed by atoms with Crippen LogP contribution in [0.5, 0.6) is 11.5 Å². The zero-order valence-electron chi connectivity index (χ0n) is 25.4. The molecule has 1 amide bonds. The Morgan fingerprint density at radius 1 is 0.889 bits per heavy atom. The molecule has 0 aliphatic carbocycles. The van der Waals surface area contributed by atoms with Gasteiger partial charge in [0.15, 0.2) is 11.6 Å². The fourth-order valence-electron chi connectivity index (χ4n) is 7.64. The summed E-state index contributed by atoms with van der Waals surface area (Å²) in [7, 11) is 3.05. The highest BCUT2D eigenvalue weighted by Crippen LogP contribution is 2.62. The van der Waals surface area contributed by atoms with Crippen molar-refractivity contribution in [2.75, 3.05) is 19.5 Å². The summed E-state index contributed by atoms with van der Waals surface area (Å²) in [5.74, 6) is -1.09. The number of anilines is 1. The lowest BCUT2D eigenvalue weighted by atomic mass is 9.62. The SMILES string of the molecule is CCCc1ccc(C(=O)[C@@H]2[C@H](C(=O)c3cc(OC)ccc3OC)N3C=Cc4ccccc4[C@@H]3[C@@]23C(=O)Nc2ccccc23)cc1. The number of para-hydroxylation sites is 1. The van der Waals surface area contributed by atoms with E-state index in [1.54, 1.807) is 18.2 Å². The molecule has 0 bridgehead atoms. The maximum Gasteiger partial charge on any atom is 0.238 e. The van der Waals surface area contributed by atoms with Crippen molar-refractivity contribution in [3.8, 4) is 11.5 Å². The summed E-state index contributed by atoms with van der Waals surface area (Å²) < 4.78 is 11.1. The number of Topliss-reactive ketones (excluding diaryl/α,β-unsaturated/α-hetero) is 2. The third kappa shape index (κ3) is 4.21. The second-order valence-corrected chi connectivity index (χ2v) is 11.8. The first-order valence-corrected chi connectivity index (χ1v) is 15.3. The second kappa shape index (κ2) is 11.1. The molecule has 4 aromatic carbocycles. The van der Waals surface area contributed by atoms with Gasteiger partial charge in [-0.25, -0.2) is 0 Å². The fraction of sp³-hybridized carbons (Fsp3) is 0.237. The van der Waals surface area contributed by atoms with Crippen LogP contribution >= 0.6 is 0 Å². The zero-order valence-corrected chi connectivity index (χ0v) is 25.4. The first-order chi connectivity index (χ1) is 21.9. The van der Waals surface area contributed by atoms with Crippen molar-refractivity contribution < 1.29 is 23.9 Å². The van der Waals surface area contributed by atoms with E-state index in [2.05, 4.69) is 12.2 Å². The number of carbonyl (C=O) groups excluding carboxylic acids is 3. The average molecular weight is 599 g/mol. The van der Waals surface area contributed by atoms with Gasteiger partial charge in [0.25, 0.3) is 0 Å². The van der Waals surface area contributed by atoms with Crippen LogP contribution in [-0.2, 0) is 16.6 Å². The molecule has 7 heteroatoms. The predicted molar refractivity (Wildman–Crippen MR) is 173 cm³/mol. The number of nitrogens with zero attached hydrogens (tertiary/aromatic N) is 1. The van der Waals surface area contributed by atoms with Gasteiger partial charge in [-0.1, -0.05) is 80.1 Å². The summed E-state index contributed by atoms with van der Waals surface area (Å²) >= 11 is 0. The molecule has 0 unspecified atom stereocenters. The highest BCUT2D eigenvalue weighted by atomic mass is 16.5. The van der Waals surface area contributed by atoms with E-state index in [0.717, 1.165) is 29.5 Å². The average Bonchev–Trinajstić information content (AvgIpc) is 3.56. The number of benzene rings is 4. The highest BCUT2D eigenvalue weighted by molar-refractivity contribution is 6.17. The van der Waals surface area contributed by atoms with E-state index in [1.807, 2.05) is 90.0 Å². The molecule has 45 heavy (non-hydrogen) atoms. The quantitative estimate of drug-likeness (QED) is 0.229. The molecular weight excluding hydrogens is 564 g/mol. The van der Waals surface area contributed by atoms with Crippen molar-refractivity contribution >= 4 is 29.2 Å². The first kappa shape index (κ1) is 28.6. The normalized spacial score (nSPS) is 22.4. The van der Waals surface area contributed by atoms with E-state index in [1.165, 1.54) is 14.2 Å². The Morgan fingerprint density at radius 3 is 2.40 bits per heavy atom. The number of aryl methyl sites for hydroxylation is 1. The van der Waals surface area contributed by atoms with Gasteiger partial charge in [-0.15, -0.1) is 0 Å². The van der Waals surface area contributed by atoms with Gasteiger partial charge in [-0.2, -0.15) is 0 Å². The smallest absolute Gasteiger partial charge is 0.238 e. The molecule has 226 valence electrons. The zero-order chi connectivity index (χ0) is 31.3. The van der Waals surface area contributed by atoms with Crippen LogP contribution in [0.4, 0.5) is 5.69 Å². The minimum atomic E-state index is -1.40. The fourth-order valence-corrected chi connectivity index (χ4v) is 7.64. The highest BCUT2D eigenvalue weighted by Gasteiger charge is 2.70. The van der Waals surface area contributed by atoms with Crippen LogP contribution in [0.3, 0.4) is 0 Å². The molecule has 3 aliphatic heterocycles. The van der Waals surface area contributed by atoms with E-state index < -0.39 is 23.4 Å². The van der Waals surface area contributed by atoms with Crippen LogP contribution in [0.25, 0.3) is 6.08 Å². The second-order valence-electron chi connectivity index (χ2n) is 11.8. The molecule has 7 nitrogen and oxygen atoms in total. The van der Waals surface area contributed by atoms with E-state index in [0.29, 0.717) is 28.3 Å². The van der Waals surface area contributed by atoms with E-state index in [4.69, 9.17) is 9.47 Å². The van der Waals surface area contributed by atoms with Crippen molar-refractivity contribution in [2.45, 2.75) is 37.3 Å². The van der Waals surface area contributed by atoms with Crippen LogP contribution in [0.15, 0.2) is 97.2 Å². The molecule has 3 aliphatic rings. The molecule has 1 N–H and O–H groups in total. The number of ketones is 2. The van der Waals surface area contributed by atoms with Gasteiger partial charge in [-0.05, 0) is 59.0 Å². The lowest BCUT2D eigenvalue weighted by molar-refractivity contribution is -0.122. The molecule has 0 radical (unpaired) electrons.